The number of aryl methyl sites for hydroxylation is 1. The normalized spacial score (nSPS) is 12.6. The average Bonchev–Trinajstić information content (AvgIpc) is 2.72. The number of benzene rings is 1. The Labute approximate surface area is 115 Å². The molecule has 1 N–H and O–H groups in total. The number of hydrogen-bond donors (Lipinski definition) is 1. The molecule has 0 saturated carbocycles. The van der Waals surface area contributed by atoms with E-state index in [4.69, 9.17) is 0 Å². The molecule has 1 aromatic carbocycles. The lowest BCUT2D eigenvalue weighted by Gasteiger charge is -2.17. The van der Waals surface area contributed by atoms with Gasteiger partial charge in [-0.3, -0.25) is 0 Å². The zero-order valence-corrected chi connectivity index (χ0v) is 12.4. The zero-order valence-electron chi connectivity index (χ0n) is 10.0. The Morgan fingerprint density at radius 3 is 2.71 bits per heavy atom. The van der Waals surface area contributed by atoms with Crippen LogP contribution < -0.4 is 5.32 Å². The van der Waals surface area contributed by atoms with Gasteiger partial charge in [0.2, 0.25) is 0 Å². The molecule has 1 nitrogen and oxygen atoms in total. The van der Waals surface area contributed by atoms with E-state index in [0.29, 0.717) is 6.04 Å². The maximum Gasteiger partial charge on any atom is 0.0671 e. The summed E-state index contributed by atoms with van der Waals surface area (Å²) < 4.78 is 1.13. The van der Waals surface area contributed by atoms with Gasteiger partial charge in [0.15, 0.2) is 0 Å². The number of nitrogens with one attached hydrogen (secondary N) is 1. The number of halogens is 1. The first-order valence-electron chi connectivity index (χ1n) is 5.76. The zero-order chi connectivity index (χ0) is 12.3. The fraction of sp³-hybridized carbons (Fsp3) is 0.286. The predicted octanol–water partition coefficient (Wildman–Crippen LogP) is 4.52. The van der Waals surface area contributed by atoms with Gasteiger partial charge in [0.05, 0.1) is 6.04 Å². The van der Waals surface area contributed by atoms with Crippen molar-refractivity contribution in [3.8, 4) is 0 Å². The van der Waals surface area contributed by atoms with Gasteiger partial charge in [0.25, 0.3) is 0 Å². The summed E-state index contributed by atoms with van der Waals surface area (Å²) in [7, 11) is 0. The number of rotatable bonds is 4. The van der Waals surface area contributed by atoms with Crippen molar-refractivity contribution < 1.29 is 0 Å². The van der Waals surface area contributed by atoms with Gasteiger partial charge < -0.3 is 5.32 Å². The average molecular weight is 310 g/mol. The quantitative estimate of drug-likeness (QED) is 0.875. The van der Waals surface area contributed by atoms with Crippen LogP contribution in [-0.4, -0.2) is 6.54 Å². The van der Waals surface area contributed by atoms with Crippen LogP contribution in [0.1, 0.15) is 28.3 Å². The van der Waals surface area contributed by atoms with Gasteiger partial charge in [-0.15, -0.1) is 11.3 Å². The Kier molecular flexibility index (Phi) is 4.37. The van der Waals surface area contributed by atoms with E-state index in [-0.39, 0.29) is 0 Å². The topological polar surface area (TPSA) is 12.0 Å². The van der Waals surface area contributed by atoms with Crippen molar-refractivity contribution >= 4 is 27.3 Å². The largest absolute Gasteiger partial charge is 0.306 e. The van der Waals surface area contributed by atoms with Gasteiger partial charge in [0, 0.05) is 14.2 Å². The van der Waals surface area contributed by atoms with E-state index in [1.54, 1.807) is 0 Å². The lowest BCUT2D eigenvalue weighted by Crippen LogP contribution is -2.20. The second kappa shape index (κ2) is 5.80. The fourth-order valence-corrected chi connectivity index (χ4v) is 3.28. The van der Waals surface area contributed by atoms with Crippen LogP contribution in [-0.2, 0) is 0 Å². The van der Waals surface area contributed by atoms with Crippen molar-refractivity contribution in [2.75, 3.05) is 6.54 Å². The highest BCUT2D eigenvalue weighted by atomic mass is 79.9. The summed E-state index contributed by atoms with van der Waals surface area (Å²) in [6, 6.07) is 13.2. The van der Waals surface area contributed by atoms with Crippen LogP contribution in [0.5, 0.6) is 0 Å². The van der Waals surface area contributed by atoms with Crippen LogP contribution in [0.3, 0.4) is 0 Å². The molecule has 0 bridgehead atoms. The van der Waals surface area contributed by atoms with Gasteiger partial charge in [-0.25, -0.2) is 0 Å². The van der Waals surface area contributed by atoms with Crippen LogP contribution in [0.15, 0.2) is 40.9 Å². The summed E-state index contributed by atoms with van der Waals surface area (Å²) in [6.07, 6.45) is 0. The van der Waals surface area contributed by atoms with Crippen molar-refractivity contribution in [2.24, 2.45) is 0 Å². The summed E-state index contributed by atoms with van der Waals surface area (Å²) in [6.45, 7) is 5.26. The molecule has 0 aliphatic carbocycles. The Bertz CT molecular complexity index is 492. The van der Waals surface area contributed by atoms with E-state index >= 15 is 0 Å². The molecule has 2 rings (SSSR count). The first-order chi connectivity index (χ1) is 8.20. The van der Waals surface area contributed by atoms with E-state index in [1.165, 1.54) is 15.3 Å². The van der Waals surface area contributed by atoms with Gasteiger partial charge in [-0.2, -0.15) is 0 Å². The third-order valence-electron chi connectivity index (χ3n) is 2.64. The standard InChI is InChI=1S/C14H16BrNS/c1-3-16-14(13-8-7-10(2)17-13)11-5-4-6-12(15)9-11/h4-9,14,16H,3H2,1-2H3. The van der Waals surface area contributed by atoms with Gasteiger partial charge in [0.1, 0.15) is 0 Å². The van der Waals surface area contributed by atoms with Crippen molar-refractivity contribution in [1.82, 2.24) is 5.32 Å². The molecular weight excluding hydrogens is 294 g/mol. The third kappa shape index (κ3) is 3.18. The molecule has 1 heterocycles. The smallest absolute Gasteiger partial charge is 0.0671 e. The van der Waals surface area contributed by atoms with Crippen molar-refractivity contribution in [3.63, 3.8) is 0 Å². The Balaban J connectivity index is 2.35. The molecule has 1 aromatic heterocycles. The molecule has 0 aliphatic rings. The van der Waals surface area contributed by atoms with Crippen molar-refractivity contribution in [3.05, 3.63) is 56.2 Å². The highest BCUT2D eigenvalue weighted by Gasteiger charge is 2.14. The third-order valence-corrected chi connectivity index (χ3v) is 4.19. The molecule has 0 fully saturated rings. The molecular formula is C14H16BrNS. The Morgan fingerprint density at radius 1 is 1.29 bits per heavy atom. The van der Waals surface area contributed by atoms with Crippen LogP contribution in [0.4, 0.5) is 0 Å². The molecule has 0 saturated heterocycles. The first kappa shape index (κ1) is 12.8. The molecule has 90 valence electrons. The highest BCUT2D eigenvalue weighted by molar-refractivity contribution is 9.10. The number of hydrogen-bond acceptors (Lipinski definition) is 2. The Morgan fingerprint density at radius 2 is 2.12 bits per heavy atom. The van der Waals surface area contributed by atoms with Crippen molar-refractivity contribution in [2.45, 2.75) is 19.9 Å². The van der Waals surface area contributed by atoms with Gasteiger partial charge in [-0.05, 0) is 43.3 Å². The summed E-state index contributed by atoms with van der Waals surface area (Å²) in [4.78, 5) is 2.74. The summed E-state index contributed by atoms with van der Waals surface area (Å²) >= 11 is 5.39. The lowest BCUT2D eigenvalue weighted by molar-refractivity contribution is 0.639. The second-order valence-corrected chi connectivity index (χ2v) is 6.23. The van der Waals surface area contributed by atoms with Crippen LogP contribution in [0.25, 0.3) is 0 Å². The second-order valence-electron chi connectivity index (χ2n) is 3.99. The van der Waals surface area contributed by atoms with E-state index < -0.39 is 0 Å². The van der Waals surface area contributed by atoms with E-state index in [2.05, 4.69) is 71.5 Å². The SMILES string of the molecule is CCNC(c1cccc(Br)c1)c1ccc(C)s1. The van der Waals surface area contributed by atoms with Crippen LogP contribution in [0.2, 0.25) is 0 Å². The summed E-state index contributed by atoms with van der Waals surface area (Å²) in [5, 5.41) is 3.55. The molecule has 0 radical (unpaired) electrons. The Hall–Kier alpha value is -0.640. The van der Waals surface area contributed by atoms with Gasteiger partial charge >= 0.3 is 0 Å². The van der Waals surface area contributed by atoms with E-state index in [0.717, 1.165) is 11.0 Å². The monoisotopic (exact) mass is 309 g/mol. The minimum Gasteiger partial charge on any atom is -0.306 e. The predicted molar refractivity (Wildman–Crippen MR) is 78.7 cm³/mol. The molecule has 0 spiro atoms. The van der Waals surface area contributed by atoms with Crippen molar-refractivity contribution in [1.29, 1.82) is 0 Å². The van der Waals surface area contributed by atoms with Crippen LogP contribution in [0, 0.1) is 6.92 Å². The van der Waals surface area contributed by atoms with Gasteiger partial charge in [-0.1, -0.05) is 35.0 Å². The molecule has 0 aliphatic heterocycles. The fourth-order valence-electron chi connectivity index (χ4n) is 1.88. The van der Waals surface area contributed by atoms with E-state index in [1.807, 2.05) is 11.3 Å². The molecule has 1 unspecified atom stereocenters. The first-order valence-corrected chi connectivity index (χ1v) is 7.37. The van der Waals surface area contributed by atoms with E-state index in [9.17, 15) is 0 Å². The molecule has 17 heavy (non-hydrogen) atoms. The maximum absolute atomic E-state index is 3.55. The minimum absolute atomic E-state index is 0.302. The lowest BCUT2D eigenvalue weighted by atomic mass is 10.1. The summed E-state index contributed by atoms with van der Waals surface area (Å²) in [5.41, 5.74) is 1.31. The summed E-state index contributed by atoms with van der Waals surface area (Å²) in [5.74, 6) is 0. The highest BCUT2D eigenvalue weighted by Crippen LogP contribution is 2.29. The minimum atomic E-state index is 0.302. The molecule has 1 atom stereocenters. The molecule has 2 aromatic rings. The molecule has 0 amide bonds. The number of thiophene rings is 1. The maximum atomic E-state index is 3.55. The molecule has 3 heteroatoms. The van der Waals surface area contributed by atoms with Crippen LogP contribution >= 0.6 is 27.3 Å².